The van der Waals surface area contributed by atoms with Crippen LogP contribution in [-0.4, -0.2) is 24.9 Å². The lowest BCUT2D eigenvalue weighted by Gasteiger charge is -2.25. The first-order chi connectivity index (χ1) is 5.55. The van der Waals surface area contributed by atoms with Crippen molar-refractivity contribution in [1.82, 2.24) is 0 Å². The Balaban J connectivity index is 3.03. The fraction of sp³-hybridized carbons (Fsp3) is 1.00. The highest BCUT2D eigenvalue weighted by atomic mass is 32.2. The molecule has 0 bridgehead atoms. The summed E-state index contributed by atoms with van der Waals surface area (Å²) < 4.78 is 28.1. The predicted molar refractivity (Wildman–Crippen MR) is 50.8 cm³/mol. The molecule has 1 aliphatic rings. The van der Waals surface area contributed by atoms with Crippen molar-refractivity contribution in [2.24, 2.45) is 5.14 Å². The maximum absolute atomic E-state index is 11.2. The molecule has 78 valence electrons. The van der Waals surface area contributed by atoms with Gasteiger partial charge in [0.05, 0.1) is 11.2 Å². The Morgan fingerprint density at radius 1 is 1.31 bits per heavy atom. The molecule has 1 aliphatic heterocycles. The average Bonchev–Trinajstić information content (AvgIpc) is 1.97. The second kappa shape index (κ2) is 2.68. The summed E-state index contributed by atoms with van der Waals surface area (Å²) >= 11 is 0. The van der Waals surface area contributed by atoms with Crippen molar-refractivity contribution in [1.29, 1.82) is 0 Å². The van der Waals surface area contributed by atoms with Gasteiger partial charge < -0.3 is 4.74 Å². The van der Waals surface area contributed by atoms with E-state index in [4.69, 9.17) is 9.88 Å². The van der Waals surface area contributed by atoms with Gasteiger partial charge in [-0.25, -0.2) is 13.6 Å². The molecule has 1 heterocycles. The van der Waals surface area contributed by atoms with Crippen molar-refractivity contribution in [2.45, 2.75) is 50.6 Å². The fourth-order valence-electron chi connectivity index (χ4n) is 2.02. The lowest BCUT2D eigenvalue weighted by atomic mass is 10.0. The zero-order valence-corrected chi connectivity index (χ0v) is 9.31. The van der Waals surface area contributed by atoms with Crippen LogP contribution in [0.5, 0.6) is 0 Å². The van der Waals surface area contributed by atoms with Crippen LogP contribution in [0.4, 0.5) is 0 Å². The zero-order valence-electron chi connectivity index (χ0n) is 8.49. The first-order valence-corrected chi connectivity index (χ1v) is 5.87. The van der Waals surface area contributed by atoms with Gasteiger partial charge in [-0.15, -0.1) is 0 Å². The standard InChI is InChI=1S/C8H17NO3S/c1-7(2)5-6(13(9,10)11)8(3,4)12-7/h6H,5H2,1-4H3,(H2,9,10,11). The summed E-state index contributed by atoms with van der Waals surface area (Å²) in [5, 5.41) is 4.53. The Bertz CT molecular complexity index is 305. The van der Waals surface area contributed by atoms with Crippen LogP contribution in [-0.2, 0) is 14.8 Å². The second-order valence-corrected chi connectivity index (χ2v) is 6.49. The number of hydrogen-bond acceptors (Lipinski definition) is 3. The summed E-state index contributed by atoms with van der Waals surface area (Å²) in [7, 11) is -3.51. The van der Waals surface area contributed by atoms with Gasteiger partial charge in [0.1, 0.15) is 5.25 Å². The molecule has 2 N–H and O–H groups in total. The van der Waals surface area contributed by atoms with Crippen molar-refractivity contribution in [3.8, 4) is 0 Å². The Kier molecular flexibility index (Phi) is 2.26. The molecule has 0 aliphatic carbocycles. The van der Waals surface area contributed by atoms with Crippen LogP contribution in [0.3, 0.4) is 0 Å². The zero-order chi connectivity index (χ0) is 10.5. The SMILES string of the molecule is CC1(C)CC(S(N)(=O)=O)C(C)(C)O1. The van der Waals surface area contributed by atoms with Gasteiger partial charge in [0.15, 0.2) is 0 Å². The molecule has 0 spiro atoms. The van der Waals surface area contributed by atoms with Crippen molar-refractivity contribution in [3.05, 3.63) is 0 Å². The first-order valence-electron chi connectivity index (χ1n) is 4.26. The third-order valence-corrected chi connectivity index (χ3v) is 3.92. The first kappa shape index (κ1) is 10.9. The summed E-state index contributed by atoms with van der Waals surface area (Å²) in [6, 6.07) is 0. The number of primary sulfonamides is 1. The second-order valence-electron chi connectivity index (χ2n) is 4.75. The number of ether oxygens (including phenoxy) is 1. The highest BCUT2D eigenvalue weighted by Crippen LogP contribution is 2.40. The van der Waals surface area contributed by atoms with Gasteiger partial charge in [0, 0.05) is 0 Å². The number of rotatable bonds is 1. The monoisotopic (exact) mass is 207 g/mol. The molecule has 1 fully saturated rings. The van der Waals surface area contributed by atoms with E-state index in [1.54, 1.807) is 13.8 Å². The van der Waals surface area contributed by atoms with Gasteiger partial charge >= 0.3 is 0 Å². The molecule has 0 aromatic heterocycles. The van der Waals surface area contributed by atoms with Crippen LogP contribution >= 0.6 is 0 Å². The van der Waals surface area contributed by atoms with E-state index in [1.807, 2.05) is 13.8 Å². The highest BCUT2D eigenvalue weighted by molar-refractivity contribution is 7.89. The molecule has 0 amide bonds. The maximum atomic E-state index is 11.2. The molecule has 13 heavy (non-hydrogen) atoms. The van der Waals surface area contributed by atoms with Gasteiger partial charge in [-0.2, -0.15) is 0 Å². The minimum absolute atomic E-state index is 0.402. The third-order valence-electron chi connectivity index (χ3n) is 2.39. The fourth-order valence-corrected chi connectivity index (χ4v) is 3.50. The minimum Gasteiger partial charge on any atom is -0.368 e. The third kappa shape index (κ3) is 2.21. The summed E-state index contributed by atoms with van der Waals surface area (Å²) in [6.07, 6.45) is 0.457. The number of sulfonamides is 1. The Morgan fingerprint density at radius 3 is 1.92 bits per heavy atom. The summed E-state index contributed by atoms with van der Waals surface area (Å²) in [6.45, 7) is 7.27. The molecule has 1 unspecified atom stereocenters. The van der Waals surface area contributed by atoms with E-state index < -0.39 is 26.5 Å². The molecule has 1 rings (SSSR count). The van der Waals surface area contributed by atoms with E-state index in [-0.39, 0.29) is 0 Å². The van der Waals surface area contributed by atoms with Crippen LogP contribution in [0, 0.1) is 0 Å². The normalized spacial score (nSPS) is 31.9. The Labute approximate surface area is 79.5 Å². The molecular weight excluding hydrogens is 190 g/mol. The predicted octanol–water partition coefficient (Wildman–Crippen LogP) is 0.621. The average molecular weight is 207 g/mol. The lowest BCUT2D eigenvalue weighted by Crippen LogP contribution is -2.41. The van der Waals surface area contributed by atoms with Crippen LogP contribution in [0.2, 0.25) is 0 Å². The van der Waals surface area contributed by atoms with Gasteiger partial charge in [0.25, 0.3) is 0 Å². The quantitative estimate of drug-likeness (QED) is 0.685. The Hall–Kier alpha value is -0.130. The summed E-state index contributed by atoms with van der Waals surface area (Å²) in [5.74, 6) is 0. The molecule has 4 nitrogen and oxygen atoms in total. The largest absolute Gasteiger partial charge is 0.368 e. The van der Waals surface area contributed by atoms with Crippen LogP contribution in [0.1, 0.15) is 34.1 Å². The maximum Gasteiger partial charge on any atom is 0.214 e. The van der Waals surface area contributed by atoms with Crippen LogP contribution in [0.15, 0.2) is 0 Å². The summed E-state index contributed by atoms with van der Waals surface area (Å²) in [5.41, 5.74) is -1.09. The molecule has 0 aromatic rings. The molecular formula is C8H17NO3S. The van der Waals surface area contributed by atoms with Gasteiger partial charge in [-0.1, -0.05) is 0 Å². The van der Waals surface area contributed by atoms with E-state index in [0.29, 0.717) is 6.42 Å². The van der Waals surface area contributed by atoms with Crippen LogP contribution < -0.4 is 5.14 Å². The minimum atomic E-state index is -3.51. The molecule has 1 saturated heterocycles. The molecule has 0 radical (unpaired) electrons. The van der Waals surface area contributed by atoms with Crippen LogP contribution in [0.25, 0.3) is 0 Å². The number of hydrogen-bond donors (Lipinski definition) is 1. The Morgan fingerprint density at radius 2 is 1.77 bits per heavy atom. The summed E-state index contributed by atoms with van der Waals surface area (Å²) in [4.78, 5) is 0. The van der Waals surface area contributed by atoms with E-state index in [9.17, 15) is 8.42 Å². The number of nitrogens with two attached hydrogens (primary N) is 1. The lowest BCUT2D eigenvalue weighted by molar-refractivity contribution is -0.0635. The highest BCUT2D eigenvalue weighted by Gasteiger charge is 2.51. The van der Waals surface area contributed by atoms with Gasteiger partial charge in [-0.05, 0) is 34.1 Å². The molecule has 0 saturated carbocycles. The topological polar surface area (TPSA) is 69.4 Å². The van der Waals surface area contributed by atoms with E-state index in [1.165, 1.54) is 0 Å². The van der Waals surface area contributed by atoms with E-state index in [0.717, 1.165) is 0 Å². The van der Waals surface area contributed by atoms with Crippen molar-refractivity contribution in [2.75, 3.05) is 0 Å². The molecule has 5 heteroatoms. The van der Waals surface area contributed by atoms with Gasteiger partial charge in [-0.3, -0.25) is 0 Å². The molecule has 1 atom stereocenters. The van der Waals surface area contributed by atoms with Gasteiger partial charge in [0.2, 0.25) is 10.0 Å². The van der Waals surface area contributed by atoms with E-state index in [2.05, 4.69) is 0 Å². The van der Waals surface area contributed by atoms with E-state index >= 15 is 0 Å². The smallest absolute Gasteiger partial charge is 0.214 e. The van der Waals surface area contributed by atoms with Crippen molar-refractivity contribution >= 4 is 10.0 Å². The van der Waals surface area contributed by atoms with Crippen molar-refractivity contribution < 1.29 is 13.2 Å². The molecule has 0 aromatic carbocycles. The van der Waals surface area contributed by atoms with Crippen molar-refractivity contribution in [3.63, 3.8) is 0 Å².